The molecule has 6 nitrogen and oxygen atoms in total. The molecule has 0 aliphatic heterocycles. The first-order valence-electron chi connectivity index (χ1n) is 5.83. The Labute approximate surface area is 110 Å². The van der Waals surface area contributed by atoms with E-state index in [0.717, 1.165) is 11.5 Å². The maximum Gasteiger partial charge on any atom is 0.254 e. The van der Waals surface area contributed by atoms with Crippen LogP contribution in [0.3, 0.4) is 0 Å². The molecular formula is C13H15N3O3. The molecule has 0 unspecified atom stereocenters. The highest BCUT2D eigenvalue weighted by Gasteiger charge is 2.05. The summed E-state index contributed by atoms with van der Waals surface area (Å²) in [6, 6.07) is 7.27. The summed E-state index contributed by atoms with van der Waals surface area (Å²) in [5.74, 6) is 1.34. The fraction of sp³-hybridized carbons (Fsp3) is 0.231. The van der Waals surface area contributed by atoms with Crippen molar-refractivity contribution in [3.63, 3.8) is 0 Å². The molecule has 0 spiro atoms. The maximum absolute atomic E-state index is 11.6. The van der Waals surface area contributed by atoms with Crippen molar-refractivity contribution in [3.05, 3.63) is 42.2 Å². The van der Waals surface area contributed by atoms with Gasteiger partial charge < -0.3 is 14.8 Å². The molecule has 1 heterocycles. The van der Waals surface area contributed by atoms with Crippen LogP contribution in [0.2, 0.25) is 0 Å². The Balaban J connectivity index is 1.70. The molecule has 1 aromatic heterocycles. The van der Waals surface area contributed by atoms with Crippen LogP contribution in [-0.2, 0) is 0 Å². The molecule has 1 amide bonds. The molecule has 2 N–H and O–H groups in total. The third-order valence-electron chi connectivity index (χ3n) is 2.48. The van der Waals surface area contributed by atoms with Crippen LogP contribution in [0, 0.1) is 0 Å². The molecule has 100 valence electrons. The van der Waals surface area contributed by atoms with Gasteiger partial charge in [0.2, 0.25) is 0 Å². The second kappa shape index (κ2) is 6.44. The quantitative estimate of drug-likeness (QED) is 0.767. The average Bonchev–Trinajstić information content (AvgIpc) is 2.98. The van der Waals surface area contributed by atoms with E-state index in [2.05, 4.69) is 15.5 Å². The predicted octanol–water partition coefficient (Wildman–Crippen LogP) is 1.23. The van der Waals surface area contributed by atoms with Crippen molar-refractivity contribution in [3.8, 4) is 11.5 Å². The molecule has 0 bridgehead atoms. The number of amides is 1. The number of nitrogens with one attached hydrogen (secondary N) is 2. The summed E-state index contributed by atoms with van der Waals surface area (Å²) < 4.78 is 10.5. The van der Waals surface area contributed by atoms with Gasteiger partial charge in [-0.1, -0.05) is 0 Å². The Morgan fingerprint density at radius 1 is 1.32 bits per heavy atom. The first-order chi connectivity index (χ1) is 9.29. The topological polar surface area (TPSA) is 76.2 Å². The average molecular weight is 261 g/mol. The van der Waals surface area contributed by atoms with Crippen molar-refractivity contribution in [2.45, 2.75) is 0 Å². The van der Waals surface area contributed by atoms with Crippen molar-refractivity contribution < 1.29 is 14.3 Å². The number of hydrogen-bond donors (Lipinski definition) is 2. The number of ether oxygens (including phenoxy) is 2. The Morgan fingerprint density at radius 2 is 2.05 bits per heavy atom. The minimum Gasteiger partial charge on any atom is -0.497 e. The second-order valence-corrected chi connectivity index (χ2v) is 3.77. The molecule has 0 saturated carbocycles. The number of hydrogen-bond acceptors (Lipinski definition) is 4. The van der Waals surface area contributed by atoms with Gasteiger partial charge in [0, 0.05) is 6.20 Å². The third kappa shape index (κ3) is 3.74. The minimum atomic E-state index is -0.174. The number of carbonyl (C=O) groups is 1. The molecule has 2 aromatic rings. The van der Waals surface area contributed by atoms with Crippen LogP contribution in [0.5, 0.6) is 11.5 Å². The van der Waals surface area contributed by atoms with Crippen LogP contribution in [0.25, 0.3) is 0 Å². The van der Waals surface area contributed by atoms with E-state index in [4.69, 9.17) is 9.47 Å². The molecule has 6 heteroatoms. The number of methoxy groups -OCH3 is 1. The zero-order chi connectivity index (χ0) is 13.5. The van der Waals surface area contributed by atoms with Crippen molar-refractivity contribution in [2.24, 2.45) is 0 Å². The highest BCUT2D eigenvalue weighted by atomic mass is 16.5. The number of H-pyrrole nitrogens is 1. The van der Waals surface area contributed by atoms with E-state index in [9.17, 15) is 4.79 Å². The van der Waals surface area contributed by atoms with Gasteiger partial charge in [-0.05, 0) is 24.3 Å². The van der Waals surface area contributed by atoms with Gasteiger partial charge >= 0.3 is 0 Å². The lowest BCUT2D eigenvalue weighted by Gasteiger charge is -2.07. The van der Waals surface area contributed by atoms with Crippen LogP contribution in [0.1, 0.15) is 10.4 Å². The molecule has 0 aliphatic carbocycles. The summed E-state index contributed by atoms with van der Waals surface area (Å²) >= 11 is 0. The monoisotopic (exact) mass is 261 g/mol. The normalized spacial score (nSPS) is 9.95. The van der Waals surface area contributed by atoms with Gasteiger partial charge in [0.25, 0.3) is 5.91 Å². The summed E-state index contributed by atoms with van der Waals surface area (Å²) in [6.07, 6.45) is 3.01. The molecule has 0 atom stereocenters. The van der Waals surface area contributed by atoms with Gasteiger partial charge in [0.1, 0.15) is 18.1 Å². The van der Waals surface area contributed by atoms with E-state index in [1.165, 1.54) is 6.20 Å². The van der Waals surface area contributed by atoms with Crippen LogP contribution in [0.4, 0.5) is 0 Å². The van der Waals surface area contributed by atoms with Crippen molar-refractivity contribution in [1.82, 2.24) is 15.5 Å². The number of benzene rings is 1. The number of aromatic nitrogens is 2. The number of carbonyl (C=O) groups excluding carboxylic acids is 1. The highest BCUT2D eigenvalue weighted by Crippen LogP contribution is 2.16. The number of nitrogens with zero attached hydrogens (tertiary/aromatic N) is 1. The maximum atomic E-state index is 11.6. The number of rotatable bonds is 6. The third-order valence-corrected chi connectivity index (χ3v) is 2.48. The van der Waals surface area contributed by atoms with E-state index < -0.39 is 0 Å². The summed E-state index contributed by atoms with van der Waals surface area (Å²) in [5.41, 5.74) is 0.504. The van der Waals surface area contributed by atoms with Gasteiger partial charge in [0.15, 0.2) is 0 Å². The van der Waals surface area contributed by atoms with Gasteiger partial charge in [-0.3, -0.25) is 9.89 Å². The van der Waals surface area contributed by atoms with Crippen molar-refractivity contribution in [1.29, 1.82) is 0 Å². The Hall–Kier alpha value is -2.50. The van der Waals surface area contributed by atoms with Crippen LogP contribution >= 0.6 is 0 Å². The highest BCUT2D eigenvalue weighted by molar-refractivity contribution is 5.93. The molecular weight excluding hydrogens is 246 g/mol. The molecule has 0 saturated heterocycles. The fourth-order valence-corrected chi connectivity index (χ4v) is 1.48. The Morgan fingerprint density at radius 3 is 2.68 bits per heavy atom. The Kier molecular flexibility index (Phi) is 4.39. The summed E-state index contributed by atoms with van der Waals surface area (Å²) in [6.45, 7) is 0.825. The van der Waals surface area contributed by atoms with Gasteiger partial charge in [0.05, 0.1) is 25.4 Å². The molecule has 19 heavy (non-hydrogen) atoms. The van der Waals surface area contributed by atoms with Gasteiger partial charge in [-0.15, -0.1) is 0 Å². The van der Waals surface area contributed by atoms with Gasteiger partial charge in [-0.25, -0.2) is 0 Å². The first kappa shape index (κ1) is 12.9. The van der Waals surface area contributed by atoms with Crippen LogP contribution in [0.15, 0.2) is 36.7 Å². The smallest absolute Gasteiger partial charge is 0.254 e. The second-order valence-electron chi connectivity index (χ2n) is 3.77. The first-order valence-corrected chi connectivity index (χ1v) is 5.83. The lowest BCUT2D eigenvalue weighted by Crippen LogP contribution is -2.27. The molecule has 1 aromatic carbocycles. The molecule has 0 aliphatic rings. The van der Waals surface area contributed by atoms with E-state index in [1.54, 1.807) is 13.3 Å². The molecule has 0 fully saturated rings. The van der Waals surface area contributed by atoms with E-state index >= 15 is 0 Å². The summed E-state index contributed by atoms with van der Waals surface area (Å²) in [4.78, 5) is 11.6. The molecule has 0 radical (unpaired) electrons. The zero-order valence-corrected chi connectivity index (χ0v) is 10.6. The van der Waals surface area contributed by atoms with E-state index in [-0.39, 0.29) is 5.91 Å². The lowest BCUT2D eigenvalue weighted by atomic mass is 10.3. The number of aromatic amines is 1. The summed E-state index contributed by atoms with van der Waals surface area (Å²) in [5, 5.41) is 9.02. The summed E-state index contributed by atoms with van der Waals surface area (Å²) in [7, 11) is 1.61. The van der Waals surface area contributed by atoms with E-state index in [0.29, 0.717) is 18.7 Å². The molecule has 2 rings (SSSR count). The predicted molar refractivity (Wildman–Crippen MR) is 69.4 cm³/mol. The minimum absolute atomic E-state index is 0.174. The standard InChI is InChI=1S/C13H15N3O3/c1-18-11-2-4-12(5-3-11)19-7-6-14-13(17)10-8-15-16-9-10/h2-5,8-9H,6-7H2,1H3,(H,14,17)(H,15,16). The van der Waals surface area contributed by atoms with Crippen LogP contribution < -0.4 is 14.8 Å². The van der Waals surface area contributed by atoms with E-state index in [1.807, 2.05) is 24.3 Å². The SMILES string of the molecule is COc1ccc(OCCNC(=O)c2cn[nH]c2)cc1. The van der Waals surface area contributed by atoms with Gasteiger partial charge in [-0.2, -0.15) is 5.10 Å². The van der Waals surface area contributed by atoms with Crippen molar-refractivity contribution in [2.75, 3.05) is 20.3 Å². The lowest BCUT2D eigenvalue weighted by molar-refractivity contribution is 0.0947. The van der Waals surface area contributed by atoms with Crippen molar-refractivity contribution >= 4 is 5.91 Å². The Bertz CT molecular complexity index is 508. The largest absolute Gasteiger partial charge is 0.497 e. The fourth-order valence-electron chi connectivity index (χ4n) is 1.48. The van der Waals surface area contributed by atoms with Crippen LogP contribution in [-0.4, -0.2) is 36.4 Å². The zero-order valence-electron chi connectivity index (χ0n) is 10.6.